The van der Waals surface area contributed by atoms with Crippen LogP contribution in [-0.2, 0) is 23.6 Å². The monoisotopic (exact) mass is 336 g/mol. The van der Waals surface area contributed by atoms with Gasteiger partial charge in [-0.25, -0.2) is 5.09 Å². The average molecular weight is 336 g/mol. The van der Waals surface area contributed by atoms with Crippen molar-refractivity contribution in [3.8, 4) is 0 Å². The van der Waals surface area contributed by atoms with Gasteiger partial charge < -0.3 is 9.47 Å². The van der Waals surface area contributed by atoms with E-state index in [-0.39, 0.29) is 12.5 Å². The molecule has 0 aromatic rings. The number of unbranched alkanes of at least 4 members (excludes halogenated alkanes) is 1. The molecular formula is C14H29N2O5P. The highest BCUT2D eigenvalue weighted by Gasteiger charge is 2.25. The molecule has 0 radical (unpaired) electrons. The molecule has 8 heteroatoms. The van der Waals surface area contributed by atoms with Crippen LogP contribution in [0.5, 0.6) is 0 Å². The van der Waals surface area contributed by atoms with E-state index < -0.39 is 25.4 Å². The largest absolute Gasteiger partial charge is 0.466 e. The molecular weight excluding hydrogens is 307 g/mol. The van der Waals surface area contributed by atoms with Crippen molar-refractivity contribution < 1.29 is 23.6 Å². The molecule has 0 amide bonds. The van der Waals surface area contributed by atoms with E-state index in [1.54, 1.807) is 20.8 Å². The van der Waals surface area contributed by atoms with Gasteiger partial charge in [0.1, 0.15) is 6.04 Å². The Morgan fingerprint density at radius 3 is 2.32 bits per heavy atom. The Morgan fingerprint density at radius 1 is 1.14 bits per heavy atom. The van der Waals surface area contributed by atoms with Crippen LogP contribution in [0.25, 0.3) is 0 Å². The van der Waals surface area contributed by atoms with Gasteiger partial charge in [-0.3, -0.25) is 19.2 Å². The Labute approximate surface area is 133 Å². The van der Waals surface area contributed by atoms with Crippen LogP contribution in [0.4, 0.5) is 0 Å². The zero-order valence-electron chi connectivity index (χ0n) is 14.2. The minimum atomic E-state index is -2.96. The predicted octanol–water partition coefficient (Wildman–Crippen LogP) is 1.92. The van der Waals surface area contributed by atoms with Crippen molar-refractivity contribution in [3.63, 3.8) is 0 Å². The molecule has 130 valence electrons. The lowest BCUT2D eigenvalue weighted by atomic mass is 10.2. The third-order valence-electron chi connectivity index (χ3n) is 2.92. The van der Waals surface area contributed by atoms with Gasteiger partial charge >= 0.3 is 11.9 Å². The van der Waals surface area contributed by atoms with Crippen LogP contribution < -0.4 is 10.2 Å². The molecule has 0 aliphatic rings. The molecule has 3 atom stereocenters. The van der Waals surface area contributed by atoms with Gasteiger partial charge in [0.25, 0.3) is 0 Å². The van der Waals surface area contributed by atoms with Gasteiger partial charge in [-0.1, -0.05) is 20.3 Å². The Balaban J connectivity index is 4.24. The summed E-state index contributed by atoms with van der Waals surface area (Å²) in [6.45, 7) is 9.38. The van der Waals surface area contributed by atoms with Crippen molar-refractivity contribution in [2.45, 2.75) is 46.6 Å². The molecule has 3 unspecified atom stereocenters. The molecule has 0 saturated heterocycles. The molecule has 0 saturated carbocycles. The molecule has 0 aromatic carbocycles. The maximum atomic E-state index is 12.4. The van der Waals surface area contributed by atoms with E-state index in [4.69, 9.17) is 9.47 Å². The van der Waals surface area contributed by atoms with E-state index in [1.165, 1.54) is 6.66 Å². The normalized spacial score (nSPS) is 16.4. The fraction of sp³-hybridized carbons (Fsp3) is 0.857. The van der Waals surface area contributed by atoms with Crippen LogP contribution in [0.2, 0.25) is 0 Å². The third-order valence-corrected chi connectivity index (χ3v) is 4.59. The molecule has 22 heavy (non-hydrogen) atoms. The molecule has 0 bridgehead atoms. The second-order valence-corrected chi connectivity index (χ2v) is 7.73. The van der Waals surface area contributed by atoms with Crippen LogP contribution in [0.1, 0.15) is 40.5 Å². The highest BCUT2D eigenvalue weighted by Crippen LogP contribution is 2.31. The number of rotatable bonds is 11. The van der Waals surface area contributed by atoms with E-state index in [9.17, 15) is 14.2 Å². The zero-order valence-corrected chi connectivity index (χ0v) is 15.1. The highest BCUT2D eigenvalue weighted by atomic mass is 31.2. The summed E-state index contributed by atoms with van der Waals surface area (Å²) >= 11 is 0. The van der Waals surface area contributed by atoms with Gasteiger partial charge in [0.2, 0.25) is 7.44 Å². The van der Waals surface area contributed by atoms with E-state index in [2.05, 4.69) is 10.2 Å². The summed E-state index contributed by atoms with van der Waals surface area (Å²) in [7, 11) is -2.96. The molecule has 7 nitrogen and oxygen atoms in total. The summed E-state index contributed by atoms with van der Waals surface area (Å²) in [6.07, 6.45) is 1.74. The Kier molecular flexibility index (Phi) is 10.3. The smallest absolute Gasteiger partial charge is 0.323 e. The second-order valence-electron chi connectivity index (χ2n) is 5.31. The SMILES string of the molecule is CCCCOC(=O)C(C)NP(C)(=O)NCC(C)C(=O)OCC. The van der Waals surface area contributed by atoms with Gasteiger partial charge in [0.05, 0.1) is 19.1 Å². The molecule has 0 aliphatic carbocycles. The summed E-state index contributed by atoms with van der Waals surface area (Å²) in [5.41, 5.74) is 0. The number of hydrogen-bond donors (Lipinski definition) is 2. The number of carbonyl (C=O) groups is 2. The molecule has 0 rings (SSSR count). The van der Waals surface area contributed by atoms with Crippen LogP contribution >= 0.6 is 7.44 Å². The van der Waals surface area contributed by atoms with Crippen LogP contribution in [-0.4, -0.2) is 44.4 Å². The van der Waals surface area contributed by atoms with Gasteiger partial charge in [0, 0.05) is 13.2 Å². The van der Waals surface area contributed by atoms with Crippen LogP contribution in [0.3, 0.4) is 0 Å². The molecule has 2 N–H and O–H groups in total. The summed E-state index contributed by atoms with van der Waals surface area (Å²) < 4.78 is 22.3. The Bertz CT molecular complexity index is 403. The van der Waals surface area contributed by atoms with E-state index in [0.29, 0.717) is 13.2 Å². The lowest BCUT2D eigenvalue weighted by molar-refractivity contribution is -0.147. The van der Waals surface area contributed by atoms with E-state index in [1.807, 2.05) is 6.92 Å². The van der Waals surface area contributed by atoms with Crippen molar-refractivity contribution >= 4 is 19.4 Å². The first-order valence-electron chi connectivity index (χ1n) is 7.67. The van der Waals surface area contributed by atoms with Crippen molar-refractivity contribution in [1.29, 1.82) is 0 Å². The van der Waals surface area contributed by atoms with Crippen LogP contribution in [0, 0.1) is 5.92 Å². The summed E-state index contributed by atoms with van der Waals surface area (Å²) in [5, 5.41) is 5.51. The highest BCUT2D eigenvalue weighted by molar-refractivity contribution is 7.59. The van der Waals surface area contributed by atoms with Crippen molar-refractivity contribution in [1.82, 2.24) is 10.2 Å². The summed E-state index contributed by atoms with van der Waals surface area (Å²) in [4.78, 5) is 23.2. The second kappa shape index (κ2) is 10.8. The van der Waals surface area contributed by atoms with Crippen LogP contribution in [0.15, 0.2) is 0 Å². The van der Waals surface area contributed by atoms with E-state index in [0.717, 1.165) is 12.8 Å². The first kappa shape index (κ1) is 21.1. The Morgan fingerprint density at radius 2 is 1.77 bits per heavy atom. The molecule has 0 fully saturated rings. The van der Waals surface area contributed by atoms with Crippen molar-refractivity contribution in [3.05, 3.63) is 0 Å². The zero-order chi connectivity index (χ0) is 17.2. The number of hydrogen-bond acceptors (Lipinski definition) is 5. The minimum Gasteiger partial charge on any atom is -0.466 e. The number of nitrogens with one attached hydrogen (secondary N) is 2. The standard InChI is InChI=1S/C14H29N2O5P/c1-6-8-9-21-14(18)12(4)16-22(5,19)15-10-11(3)13(17)20-7-2/h11-12H,6-10H2,1-5H3,(H2,15,16,19). The van der Waals surface area contributed by atoms with Gasteiger partial charge in [-0.2, -0.15) is 0 Å². The Hall–Kier alpha value is -0.910. The maximum Gasteiger partial charge on any atom is 0.323 e. The first-order chi connectivity index (χ1) is 10.2. The minimum absolute atomic E-state index is 0.206. The molecule has 0 aromatic heterocycles. The fourth-order valence-electron chi connectivity index (χ4n) is 1.59. The molecule has 0 heterocycles. The third kappa shape index (κ3) is 9.18. The number of esters is 2. The van der Waals surface area contributed by atoms with Crippen molar-refractivity contribution in [2.24, 2.45) is 5.92 Å². The predicted molar refractivity (Wildman–Crippen MR) is 85.8 cm³/mol. The van der Waals surface area contributed by atoms with Gasteiger partial charge in [-0.05, 0) is 20.3 Å². The summed E-state index contributed by atoms with van der Waals surface area (Å²) in [6, 6.07) is -0.682. The average Bonchev–Trinajstić information content (AvgIpc) is 2.44. The lowest BCUT2D eigenvalue weighted by Crippen LogP contribution is -2.38. The van der Waals surface area contributed by atoms with E-state index >= 15 is 0 Å². The van der Waals surface area contributed by atoms with Crippen molar-refractivity contribution in [2.75, 3.05) is 26.4 Å². The number of carbonyl (C=O) groups excluding carboxylic acids is 2. The maximum absolute atomic E-state index is 12.4. The lowest BCUT2D eigenvalue weighted by Gasteiger charge is -2.21. The topological polar surface area (TPSA) is 93.7 Å². The first-order valence-corrected chi connectivity index (χ1v) is 9.82. The van der Waals surface area contributed by atoms with Gasteiger partial charge in [-0.15, -0.1) is 0 Å². The van der Waals surface area contributed by atoms with Gasteiger partial charge in [0.15, 0.2) is 0 Å². The summed E-state index contributed by atoms with van der Waals surface area (Å²) in [5.74, 6) is -1.19. The molecule has 0 spiro atoms. The number of ether oxygens (including phenoxy) is 2. The quantitative estimate of drug-likeness (QED) is 0.338. The molecule has 0 aliphatic heterocycles. The fourth-order valence-corrected chi connectivity index (χ4v) is 3.15.